The summed E-state index contributed by atoms with van der Waals surface area (Å²) in [6, 6.07) is 0. The standard InChI is InChI=1S/C14H22N2O/c1-14(2)9-15-5-6-16(14)13(17)12-8-10-3-4-11(12)7-10/h3-4,10-12,15H,5-9H2,1-2H3. The van der Waals surface area contributed by atoms with Crippen molar-refractivity contribution in [2.24, 2.45) is 17.8 Å². The third-order valence-electron chi connectivity index (χ3n) is 4.66. The Morgan fingerprint density at radius 3 is 2.76 bits per heavy atom. The van der Waals surface area contributed by atoms with Gasteiger partial charge in [0.15, 0.2) is 0 Å². The minimum absolute atomic E-state index is 0.0269. The molecule has 17 heavy (non-hydrogen) atoms. The Bertz CT molecular complexity index is 361. The van der Waals surface area contributed by atoms with Gasteiger partial charge < -0.3 is 10.2 Å². The maximum Gasteiger partial charge on any atom is 0.226 e. The Balaban J connectivity index is 1.75. The quantitative estimate of drug-likeness (QED) is 0.696. The average molecular weight is 234 g/mol. The Morgan fingerprint density at radius 1 is 1.35 bits per heavy atom. The molecular weight excluding hydrogens is 212 g/mol. The van der Waals surface area contributed by atoms with Gasteiger partial charge in [-0.25, -0.2) is 0 Å². The Kier molecular flexibility index (Phi) is 2.54. The lowest BCUT2D eigenvalue weighted by atomic mass is 9.89. The lowest BCUT2D eigenvalue weighted by Crippen LogP contribution is -2.61. The summed E-state index contributed by atoms with van der Waals surface area (Å²) in [5.41, 5.74) is -0.0269. The van der Waals surface area contributed by atoms with Gasteiger partial charge in [0.05, 0.1) is 0 Å². The van der Waals surface area contributed by atoms with Crippen molar-refractivity contribution < 1.29 is 4.79 Å². The zero-order valence-electron chi connectivity index (χ0n) is 10.8. The van der Waals surface area contributed by atoms with Gasteiger partial charge in [0.1, 0.15) is 0 Å². The number of hydrogen-bond acceptors (Lipinski definition) is 2. The van der Waals surface area contributed by atoms with E-state index in [1.54, 1.807) is 0 Å². The van der Waals surface area contributed by atoms with E-state index in [-0.39, 0.29) is 11.5 Å². The molecule has 3 nitrogen and oxygen atoms in total. The van der Waals surface area contributed by atoms with Crippen LogP contribution >= 0.6 is 0 Å². The van der Waals surface area contributed by atoms with Crippen molar-refractivity contribution in [1.29, 1.82) is 0 Å². The van der Waals surface area contributed by atoms with Crippen molar-refractivity contribution in [3.8, 4) is 0 Å². The van der Waals surface area contributed by atoms with Gasteiger partial charge >= 0.3 is 0 Å². The van der Waals surface area contributed by atoms with E-state index >= 15 is 0 Å². The van der Waals surface area contributed by atoms with Crippen LogP contribution in [0.2, 0.25) is 0 Å². The van der Waals surface area contributed by atoms with Crippen molar-refractivity contribution >= 4 is 5.91 Å². The lowest BCUT2D eigenvalue weighted by molar-refractivity contribution is -0.143. The van der Waals surface area contributed by atoms with E-state index in [4.69, 9.17) is 0 Å². The summed E-state index contributed by atoms with van der Waals surface area (Å²) < 4.78 is 0. The van der Waals surface area contributed by atoms with Crippen LogP contribution in [0.25, 0.3) is 0 Å². The van der Waals surface area contributed by atoms with Crippen molar-refractivity contribution in [2.75, 3.05) is 19.6 Å². The molecule has 3 atom stereocenters. The molecular formula is C14H22N2O. The zero-order chi connectivity index (χ0) is 12.0. The largest absolute Gasteiger partial charge is 0.335 e. The number of amides is 1. The van der Waals surface area contributed by atoms with Crippen LogP contribution < -0.4 is 5.32 Å². The number of fused-ring (bicyclic) bond motifs is 2. The highest BCUT2D eigenvalue weighted by atomic mass is 16.2. The molecule has 0 aromatic rings. The van der Waals surface area contributed by atoms with E-state index in [0.717, 1.165) is 26.1 Å². The molecule has 3 heteroatoms. The second-order valence-corrected chi connectivity index (χ2v) is 6.37. The lowest BCUT2D eigenvalue weighted by Gasteiger charge is -2.44. The predicted octanol–water partition coefficient (Wildman–Crippen LogP) is 1.41. The first-order valence-corrected chi connectivity index (χ1v) is 6.78. The Hall–Kier alpha value is -0.830. The van der Waals surface area contributed by atoms with Crippen molar-refractivity contribution in [3.05, 3.63) is 12.2 Å². The fourth-order valence-corrected chi connectivity index (χ4v) is 3.66. The van der Waals surface area contributed by atoms with Crippen molar-refractivity contribution in [1.82, 2.24) is 10.2 Å². The van der Waals surface area contributed by atoms with E-state index < -0.39 is 0 Å². The van der Waals surface area contributed by atoms with Gasteiger partial charge in [-0.05, 0) is 38.5 Å². The monoisotopic (exact) mass is 234 g/mol. The SMILES string of the molecule is CC1(C)CNCCN1C(=O)C1CC2C=CC1C2. The number of piperazine rings is 1. The fourth-order valence-electron chi connectivity index (χ4n) is 3.66. The molecule has 2 fully saturated rings. The number of carbonyl (C=O) groups is 1. The third kappa shape index (κ3) is 1.81. The molecule has 1 saturated heterocycles. The molecule has 2 bridgehead atoms. The minimum atomic E-state index is -0.0269. The molecule has 3 rings (SSSR count). The molecule has 0 spiro atoms. The Labute approximate surface area is 103 Å². The number of nitrogens with one attached hydrogen (secondary N) is 1. The van der Waals surface area contributed by atoms with Crippen LogP contribution in [0.1, 0.15) is 26.7 Å². The number of carbonyl (C=O) groups excluding carboxylic acids is 1. The molecule has 0 aromatic heterocycles. The van der Waals surface area contributed by atoms with E-state index in [1.807, 2.05) is 0 Å². The average Bonchev–Trinajstić information content (AvgIpc) is 2.89. The van der Waals surface area contributed by atoms with E-state index in [2.05, 4.69) is 36.2 Å². The summed E-state index contributed by atoms with van der Waals surface area (Å²) >= 11 is 0. The highest BCUT2D eigenvalue weighted by Crippen LogP contribution is 2.44. The zero-order valence-corrected chi connectivity index (χ0v) is 10.8. The first-order chi connectivity index (χ1) is 8.08. The Morgan fingerprint density at radius 2 is 2.18 bits per heavy atom. The van der Waals surface area contributed by atoms with Crippen LogP contribution in [0.3, 0.4) is 0 Å². The molecule has 3 aliphatic rings. The second kappa shape index (κ2) is 3.84. The van der Waals surface area contributed by atoms with Gasteiger partial charge in [0, 0.05) is 31.1 Å². The van der Waals surface area contributed by atoms with Crippen LogP contribution in [0.4, 0.5) is 0 Å². The summed E-state index contributed by atoms with van der Waals surface area (Å²) in [4.78, 5) is 14.8. The van der Waals surface area contributed by atoms with Crippen LogP contribution in [-0.4, -0.2) is 36.0 Å². The summed E-state index contributed by atoms with van der Waals surface area (Å²) in [7, 11) is 0. The molecule has 1 N–H and O–H groups in total. The maximum atomic E-state index is 12.7. The van der Waals surface area contributed by atoms with Crippen LogP contribution in [0.5, 0.6) is 0 Å². The van der Waals surface area contributed by atoms with Gasteiger partial charge in [0.25, 0.3) is 0 Å². The molecule has 1 amide bonds. The molecule has 2 aliphatic carbocycles. The van der Waals surface area contributed by atoms with Crippen LogP contribution in [0, 0.1) is 17.8 Å². The highest BCUT2D eigenvalue weighted by Gasteiger charge is 2.44. The van der Waals surface area contributed by atoms with Crippen molar-refractivity contribution in [3.63, 3.8) is 0 Å². The van der Waals surface area contributed by atoms with Crippen LogP contribution in [-0.2, 0) is 4.79 Å². The fraction of sp³-hybridized carbons (Fsp3) is 0.786. The molecule has 1 heterocycles. The number of allylic oxidation sites excluding steroid dienone is 2. The van der Waals surface area contributed by atoms with E-state index in [9.17, 15) is 4.79 Å². The summed E-state index contributed by atoms with van der Waals surface area (Å²) in [6.07, 6.45) is 6.87. The van der Waals surface area contributed by atoms with E-state index in [0.29, 0.717) is 17.7 Å². The van der Waals surface area contributed by atoms with Crippen LogP contribution in [0.15, 0.2) is 12.2 Å². The van der Waals surface area contributed by atoms with Gasteiger partial charge in [-0.15, -0.1) is 0 Å². The second-order valence-electron chi connectivity index (χ2n) is 6.37. The van der Waals surface area contributed by atoms with E-state index in [1.165, 1.54) is 6.42 Å². The molecule has 94 valence electrons. The number of nitrogens with zero attached hydrogens (tertiary/aromatic N) is 1. The third-order valence-corrected chi connectivity index (χ3v) is 4.66. The summed E-state index contributed by atoms with van der Waals surface area (Å²) in [5.74, 6) is 1.87. The summed E-state index contributed by atoms with van der Waals surface area (Å²) in [5, 5.41) is 3.38. The molecule has 0 aromatic carbocycles. The number of rotatable bonds is 1. The van der Waals surface area contributed by atoms with Gasteiger partial charge in [-0.3, -0.25) is 4.79 Å². The van der Waals surface area contributed by atoms with Gasteiger partial charge in [-0.1, -0.05) is 12.2 Å². The first-order valence-electron chi connectivity index (χ1n) is 6.78. The normalized spacial score (nSPS) is 38.7. The van der Waals surface area contributed by atoms with Gasteiger partial charge in [0.2, 0.25) is 5.91 Å². The van der Waals surface area contributed by atoms with Gasteiger partial charge in [-0.2, -0.15) is 0 Å². The molecule has 0 radical (unpaired) electrons. The first kappa shape index (κ1) is 11.3. The highest BCUT2D eigenvalue weighted by molar-refractivity contribution is 5.81. The minimum Gasteiger partial charge on any atom is -0.335 e. The topological polar surface area (TPSA) is 32.3 Å². The smallest absolute Gasteiger partial charge is 0.226 e. The summed E-state index contributed by atoms with van der Waals surface area (Å²) in [6.45, 7) is 7.05. The number of hydrogen-bond donors (Lipinski definition) is 1. The maximum absolute atomic E-state index is 12.7. The molecule has 1 saturated carbocycles. The predicted molar refractivity (Wildman–Crippen MR) is 67.5 cm³/mol. The van der Waals surface area contributed by atoms with Crippen molar-refractivity contribution in [2.45, 2.75) is 32.2 Å². The molecule has 3 unspecified atom stereocenters. The molecule has 1 aliphatic heterocycles.